The van der Waals surface area contributed by atoms with Crippen LogP contribution < -0.4 is 4.74 Å². The Bertz CT molecular complexity index is 1580. The fraction of sp³-hybridized carbons (Fsp3) is 0.364. The first-order valence-corrected chi connectivity index (χ1v) is 14.3. The molecule has 4 aromatic rings. The van der Waals surface area contributed by atoms with E-state index in [1.165, 1.54) is 11.6 Å². The minimum absolute atomic E-state index is 0.220. The maximum absolute atomic E-state index is 15.9. The van der Waals surface area contributed by atoms with Crippen molar-refractivity contribution in [1.29, 1.82) is 0 Å². The van der Waals surface area contributed by atoms with Crippen molar-refractivity contribution in [2.24, 2.45) is 0 Å². The monoisotopic (exact) mass is 570 g/mol. The maximum atomic E-state index is 15.9. The van der Waals surface area contributed by atoms with Gasteiger partial charge < -0.3 is 19.1 Å². The second-order valence-electron chi connectivity index (χ2n) is 11.6. The zero-order valence-corrected chi connectivity index (χ0v) is 24.3. The number of carbonyl (C=O) groups is 1. The number of benzene rings is 2. The zero-order chi connectivity index (χ0) is 29.4. The lowest BCUT2D eigenvalue weighted by molar-refractivity contribution is -0.139. The van der Waals surface area contributed by atoms with E-state index >= 15 is 4.39 Å². The number of ether oxygens (including phenoxy) is 3. The predicted molar refractivity (Wildman–Crippen MR) is 157 cm³/mol. The molecule has 2 aromatic carbocycles. The van der Waals surface area contributed by atoms with E-state index in [9.17, 15) is 4.79 Å². The summed E-state index contributed by atoms with van der Waals surface area (Å²) in [6.07, 6.45) is 3.08. The number of carbonyl (C=O) groups excluding carboxylic acids is 1. The molecule has 42 heavy (non-hydrogen) atoms. The van der Waals surface area contributed by atoms with Crippen molar-refractivity contribution < 1.29 is 23.4 Å². The smallest absolute Gasteiger partial charge is 0.272 e. The minimum Gasteiger partial charge on any atom is -0.489 e. The van der Waals surface area contributed by atoms with Gasteiger partial charge in [-0.15, -0.1) is 0 Å². The molecule has 1 saturated heterocycles. The Balaban J connectivity index is 1.30. The Morgan fingerprint density at radius 3 is 2.50 bits per heavy atom. The van der Waals surface area contributed by atoms with E-state index in [0.29, 0.717) is 61.5 Å². The number of fused-ring (bicyclic) bond motifs is 1. The van der Waals surface area contributed by atoms with Gasteiger partial charge in [-0.2, -0.15) is 5.10 Å². The summed E-state index contributed by atoms with van der Waals surface area (Å²) in [5.41, 5.74) is 4.62. The van der Waals surface area contributed by atoms with Crippen LogP contribution in [0.4, 0.5) is 4.39 Å². The van der Waals surface area contributed by atoms with E-state index in [2.05, 4.69) is 31.0 Å². The van der Waals surface area contributed by atoms with E-state index in [1.807, 2.05) is 38.1 Å². The fourth-order valence-electron chi connectivity index (χ4n) is 5.50. The minimum atomic E-state index is -0.685. The number of hydrogen-bond acceptors (Lipinski definition) is 6. The van der Waals surface area contributed by atoms with Crippen molar-refractivity contribution in [2.75, 3.05) is 19.7 Å². The van der Waals surface area contributed by atoms with Crippen molar-refractivity contribution in [1.82, 2.24) is 19.7 Å². The summed E-state index contributed by atoms with van der Waals surface area (Å²) in [5, 5.41) is 4.78. The molecule has 1 unspecified atom stereocenters. The molecule has 0 spiro atoms. The van der Waals surface area contributed by atoms with E-state index in [4.69, 9.17) is 19.3 Å². The number of rotatable bonds is 8. The predicted octanol–water partition coefficient (Wildman–Crippen LogP) is 6.06. The first-order valence-electron chi connectivity index (χ1n) is 14.3. The van der Waals surface area contributed by atoms with Crippen molar-refractivity contribution >= 4 is 5.91 Å². The van der Waals surface area contributed by atoms with Crippen molar-refractivity contribution in [2.45, 2.75) is 58.7 Å². The van der Waals surface area contributed by atoms with Crippen LogP contribution in [-0.2, 0) is 22.6 Å². The van der Waals surface area contributed by atoms with E-state index < -0.39 is 11.6 Å². The second-order valence-corrected chi connectivity index (χ2v) is 11.6. The van der Waals surface area contributed by atoms with Gasteiger partial charge >= 0.3 is 0 Å². The van der Waals surface area contributed by atoms with Gasteiger partial charge in [-0.1, -0.05) is 38.1 Å². The summed E-state index contributed by atoms with van der Waals surface area (Å²) in [6.45, 7) is 10.1. The highest BCUT2D eigenvalue weighted by atomic mass is 19.1. The van der Waals surface area contributed by atoms with Crippen molar-refractivity contribution in [3.8, 4) is 28.1 Å². The Morgan fingerprint density at radius 2 is 1.83 bits per heavy atom. The summed E-state index contributed by atoms with van der Waals surface area (Å²) in [5.74, 6) is -0.543. The van der Waals surface area contributed by atoms with Crippen LogP contribution in [0.1, 0.15) is 55.2 Å². The Hall–Kier alpha value is -4.08. The normalized spacial score (nSPS) is 18.0. The molecule has 1 atom stereocenters. The molecule has 0 radical (unpaired) electrons. The van der Waals surface area contributed by atoms with Gasteiger partial charge in [0.15, 0.2) is 5.79 Å². The third-order valence-electron chi connectivity index (χ3n) is 7.73. The summed E-state index contributed by atoms with van der Waals surface area (Å²) in [6, 6.07) is 16.6. The molecule has 4 heterocycles. The van der Waals surface area contributed by atoms with E-state index in [1.54, 1.807) is 34.1 Å². The fourth-order valence-corrected chi connectivity index (χ4v) is 5.50. The summed E-state index contributed by atoms with van der Waals surface area (Å²) in [4.78, 5) is 19.8. The molecule has 2 aromatic heterocycles. The molecule has 0 saturated carbocycles. The Morgan fingerprint density at radius 1 is 1.07 bits per heavy atom. The third kappa shape index (κ3) is 5.67. The lowest BCUT2D eigenvalue weighted by Crippen LogP contribution is -2.45. The first-order chi connectivity index (χ1) is 20.2. The Kier molecular flexibility index (Phi) is 7.55. The molecule has 8 nitrogen and oxygen atoms in total. The Labute approximate surface area is 245 Å². The van der Waals surface area contributed by atoms with E-state index in [-0.39, 0.29) is 17.6 Å². The van der Waals surface area contributed by atoms with Gasteiger partial charge in [-0.25, -0.2) is 4.39 Å². The van der Waals surface area contributed by atoms with Gasteiger partial charge in [-0.05, 0) is 55.2 Å². The molecule has 9 heteroatoms. The molecule has 2 aliphatic rings. The number of nitrogens with zero attached hydrogens (tertiary/aromatic N) is 4. The topological polar surface area (TPSA) is 78.7 Å². The van der Waals surface area contributed by atoms with Crippen molar-refractivity contribution in [3.63, 3.8) is 0 Å². The number of hydrogen-bond donors (Lipinski definition) is 0. The van der Waals surface area contributed by atoms with Crippen LogP contribution in [0.5, 0.6) is 5.75 Å². The highest BCUT2D eigenvalue weighted by Gasteiger charge is 2.38. The van der Waals surface area contributed by atoms with Crippen molar-refractivity contribution in [3.05, 3.63) is 89.6 Å². The molecule has 0 N–H and O–H groups in total. The van der Waals surface area contributed by atoms with Crippen LogP contribution in [-0.4, -0.2) is 57.2 Å². The van der Waals surface area contributed by atoms with Crippen LogP contribution in [0.3, 0.4) is 0 Å². The molecular formula is C33H35FN4O4. The largest absolute Gasteiger partial charge is 0.489 e. The third-order valence-corrected chi connectivity index (χ3v) is 7.73. The molecule has 2 aliphatic heterocycles. The summed E-state index contributed by atoms with van der Waals surface area (Å²) < 4.78 is 35.2. The van der Waals surface area contributed by atoms with Crippen LogP contribution in [0.25, 0.3) is 22.4 Å². The van der Waals surface area contributed by atoms with Gasteiger partial charge in [0.05, 0.1) is 13.2 Å². The summed E-state index contributed by atoms with van der Waals surface area (Å²) >= 11 is 0. The number of pyridine rings is 1. The number of amides is 1. The molecule has 1 fully saturated rings. The van der Waals surface area contributed by atoms with Gasteiger partial charge in [0.1, 0.15) is 35.7 Å². The molecule has 0 aliphatic carbocycles. The average molecular weight is 571 g/mol. The molecule has 218 valence electrons. The van der Waals surface area contributed by atoms with E-state index in [0.717, 1.165) is 11.1 Å². The molecule has 0 bridgehead atoms. The van der Waals surface area contributed by atoms with Gasteiger partial charge in [0.2, 0.25) is 0 Å². The van der Waals surface area contributed by atoms with Gasteiger partial charge in [0, 0.05) is 48.2 Å². The molecular weight excluding hydrogens is 535 g/mol. The zero-order valence-electron chi connectivity index (χ0n) is 24.3. The SMILES string of the molecule is CC(C)c1ccc(COc2ccc(-c3c(-c4ccncc4)nn4c3C(=O)N(CC3COC(C)(C)O3)CC4)c(F)c2)cc1. The summed E-state index contributed by atoms with van der Waals surface area (Å²) in [7, 11) is 0. The van der Waals surface area contributed by atoms with Crippen LogP contribution in [0.2, 0.25) is 0 Å². The molecule has 1 amide bonds. The highest BCUT2D eigenvalue weighted by Crippen LogP contribution is 2.39. The van der Waals surface area contributed by atoms with Gasteiger partial charge in [-0.3, -0.25) is 14.5 Å². The lowest BCUT2D eigenvalue weighted by Gasteiger charge is -2.30. The lowest BCUT2D eigenvalue weighted by atomic mass is 9.97. The standard InChI is InChI=1S/C33H35FN4O4/c1-21(2)23-7-5-22(6-8-23)19-40-25-9-10-27(28(34)17-25)29-30(24-11-13-35-14-12-24)36-38-16-15-37(32(39)31(29)38)18-26-20-41-33(3,4)42-26/h5-14,17,21,26H,15-16,18-20H2,1-4H3. The quantitative estimate of drug-likeness (QED) is 0.256. The first kappa shape index (κ1) is 28.1. The number of aromatic nitrogens is 3. The van der Waals surface area contributed by atoms with Crippen LogP contribution in [0, 0.1) is 5.82 Å². The van der Waals surface area contributed by atoms with Crippen LogP contribution in [0.15, 0.2) is 67.0 Å². The highest BCUT2D eigenvalue weighted by molar-refractivity contribution is 6.03. The average Bonchev–Trinajstić information content (AvgIpc) is 3.54. The van der Waals surface area contributed by atoms with Gasteiger partial charge in [0.25, 0.3) is 5.91 Å². The van der Waals surface area contributed by atoms with Crippen LogP contribution >= 0.6 is 0 Å². The maximum Gasteiger partial charge on any atom is 0.272 e. The number of halogens is 1. The second kappa shape index (κ2) is 11.3. The molecule has 6 rings (SSSR count).